The Hall–Kier alpha value is -6.25. The smallest absolute Gasteiger partial charge is 0.137 e. The minimum atomic E-state index is 0.942. The molecule has 0 N–H and O–H groups in total. The van der Waals surface area contributed by atoms with Crippen LogP contribution in [-0.4, -0.2) is 9.38 Å². The lowest BCUT2D eigenvalue weighted by Crippen LogP contribution is -1.93. The Bertz CT molecular complexity index is 2560. The maximum Gasteiger partial charge on any atom is 0.137 e. The van der Waals surface area contributed by atoms with Crippen molar-refractivity contribution in [3.8, 4) is 67.0 Å². The van der Waals surface area contributed by atoms with Crippen LogP contribution in [-0.2, 0) is 0 Å². The van der Waals surface area contributed by atoms with E-state index in [1.165, 1.54) is 71.6 Å². The molecule has 0 fully saturated rings. The fourth-order valence-corrected chi connectivity index (χ4v) is 7.87. The molecule has 2 aromatic heterocycles. The third-order valence-corrected chi connectivity index (χ3v) is 9.75. The van der Waals surface area contributed by atoms with Crippen LogP contribution in [0.3, 0.4) is 0 Å². The number of nitrogens with zero attached hydrogens (tertiary/aromatic N) is 2. The molecule has 1 aliphatic rings. The van der Waals surface area contributed by atoms with Gasteiger partial charge in [0.15, 0.2) is 0 Å². The first kappa shape index (κ1) is 26.0. The van der Waals surface area contributed by atoms with E-state index in [-0.39, 0.29) is 0 Å². The second-order valence-corrected chi connectivity index (χ2v) is 12.3. The molecule has 0 radical (unpaired) electrons. The molecule has 0 bridgehead atoms. The summed E-state index contributed by atoms with van der Waals surface area (Å²) in [5, 5.41) is 5.08. The lowest BCUT2D eigenvalue weighted by Gasteiger charge is -2.20. The molecule has 0 spiro atoms. The maximum absolute atomic E-state index is 5.17. The third kappa shape index (κ3) is 3.76. The van der Waals surface area contributed by atoms with Crippen molar-refractivity contribution >= 4 is 27.2 Å². The van der Waals surface area contributed by atoms with Gasteiger partial charge in [-0.25, -0.2) is 4.98 Å². The van der Waals surface area contributed by atoms with Gasteiger partial charge in [0.2, 0.25) is 0 Å². The normalized spacial score (nSPS) is 11.8. The third-order valence-electron chi connectivity index (χ3n) is 9.75. The minimum absolute atomic E-state index is 0.942. The van der Waals surface area contributed by atoms with Gasteiger partial charge in [-0.3, -0.25) is 4.40 Å². The fraction of sp³-hybridized carbons (Fsp3) is 0. The number of fused-ring (bicyclic) bond motifs is 5. The summed E-state index contributed by atoms with van der Waals surface area (Å²) in [6.45, 7) is 0. The largest absolute Gasteiger partial charge is 0.299 e. The highest BCUT2D eigenvalue weighted by Crippen LogP contribution is 2.58. The van der Waals surface area contributed by atoms with Crippen molar-refractivity contribution in [1.82, 2.24) is 9.38 Å². The van der Waals surface area contributed by atoms with Gasteiger partial charge in [-0.2, -0.15) is 0 Å². The second kappa shape index (κ2) is 10.1. The Morgan fingerprint density at radius 3 is 1.51 bits per heavy atom. The Balaban J connectivity index is 1.36. The van der Waals surface area contributed by atoms with Crippen LogP contribution in [0.1, 0.15) is 0 Å². The number of pyridine rings is 1. The SMILES string of the molecule is c1ccc(-c2nc3ccccn3c2-c2ccc3c4c(cccc24)-c2c-3c(-c3ccccc3)c3ccccc3c2-c2ccccc2)cc1. The Morgan fingerprint density at radius 1 is 0.362 bits per heavy atom. The molecule has 10 rings (SSSR count). The van der Waals surface area contributed by atoms with Crippen molar-refractivity contribution in [3.05, 3.63) is 170 Å². The topological polar surface area (TPSA) is 17.3 Å². The van der Waals surface area contributed by atoms with E-state index in [2.05, 4.69) is 174 Å². The van der Waals surface area contributed by atoms with Crippen LogP contribution in [0.5, 0.6) is 0 Å². The van der Waals surface area contributed by atoms with Gasteiger partial charge in [0.25, 0.3) is 0 Å². The molecule has 0 amide bonds. The van der Waals surface area contributed by atoms with Gasteiger partial charge in [0, 0.05) is 17.3 Å². The molecular formula is C45H28N2. The lowest BCUT2D eigenvalue weighted by molar-refractivity contribution is 1.19. The van der Waals surface area contributed by atoms with E-state index >= 15 is 0 Å². The first-order chi connectivity index (χ1) is 23.4. The van der Waals surface area contributed by atoms with Crippen LogP contribution in [0, 0.1) is 0 Å². The zero-order valence-electron chi connectivity index (χ0n) is 25.6. The monoisotopic (exact) mass is 596 g/mol. The Kier molecular flexibility index (Phi) is 5.61. The molecule has 218 valence electrons. The molecular weight excluding hydrogens is 569 g/mol. The summed E-state index contributed by atoms with van der Waals surface area (Å²) in [7, 11) is 0. The van der Waals surface area contributed by atoms with E-state index in [0.29, 0.717) is 0 Å². The average Bonchev–Trinajstić information content (AvgIpc) is 3.69. The summed E-state index contributed by atoms with van der Waals surface area (Å²) >= 11 is 0. The highest BCUT2D eigenvalue weighted by Gasteiger charge is 2.31. The summed E-state index contributed by atoms with van der Waals surface area (Å²) < 4.78 is 2.24. The van der Waals surface area contributed by atoms with Crippen molar-refractivity contribution in [2.75, 3.05) is 0 Å². The van der Waals surface area contributed by atoms with Gasteiger partial charge in [-0.15, -0.1) is 0 Å². The van der Waals surface area contributed by atoms with E-state index in [1.807, 2.05) is 0 Å². The molecule has 0 saturated carbocycles. The highest BCUT2D eigenvalue weighted by molar-refractivity contribution is 6.28. The van der Waals surface area contributed by atoms with Crippen LogP contribution in [0.4, 0.5) is 0 Å². The molecule has 2 heterocycles. The number of rotatable bonds is 4. The Morgan fingerprint density at radius 2 is 0.872 bits per heavy atom. The molecule has 2 heteroatoms. The fourth-order valence-electron chi connectivity index (χ4n) is 7.87. The van der Waals surface area contributed by atoms with Gasteiger partial charge in [-0.05, 0) is 78.2 Å². The van der Waals surface area contributed by atoms with Gasteiger partial charge < -0.3 is 0 Å². The molecule has 2 nitrogen and oxygen atoms in total. The Labute approximate surface area is 272 Å². The predicted molar refractivity (Wildman–Crippen MR) is 196 cm³/mol. The first-order valence-corrected chi connectivity index (χ1v) is 16.2. The number of hydrogen-bond acceptors (Lipinski definition) is 1. The van der Waals surface area contributed by atoms with E-state index in [4.69, 9.17) is 4.98 Å². The number of hydrogen-bond donors (Lipinski definition) is 0. The zero-order valence-corrected chi connectivity index (χ0v) is 25.6. The van der Waals surface area contributed by atoms with Gasteiger partial charge in [0.1, 0.15) is 5.65 Å². The van der Waals surface area contributed by atoms with Gasteiger partial charge in [-0.1, -0.05) is 152 Å². The molecule has 0 aliphatic heterocycles. The molecule has 47 heavy (non-hydrogen) atoms. The van der Waals surface area contributed by atoms with Gasteiger partial charge >= 0.3 is 0 Å². The first-order valence-electron chi connectivity index (χ1n) is 16.2. The van der Waals surface area contributed by atoms with E-state index in [1.54, 1.807) is 0 Å². The molecule has 1 aliphatic carbocycles. The van der Waals surface area contributed by atoms with Crippen molar-refractivity contribution in [2.24, 2.45) is 0 Å². The second-order valence-electron chi connectivity index (χ2n) is 12.3. The van der Waals surface area contributed by atoms with Crippen molar-refractivity contribution in [2.45, 2.75) is 0 Å². The van der Waals surface area contributed by atoms with Crippen molar-refractivity contribution in [3.63, 3.8) is 0 Å². The standard InChI is InChI=1S/C45H28N2/c1-4-15-29(16-5-1)39-32-21-10-11-22-33(32)40(30-17-6-2-7-18-30)43-37-27-26-35(34-23-14-24-36(41(34)37)42(39)43)45-44(31-19-8-3-9-20-31)46-38-25-12-13-28-47(38)45/h1-28H. The van der Waals surface area contributed by atoms with Crippen LogP contribution >= 0.6 is 0 Å². The van der Waals surface area contributed by atoms with Crippen molar-refractivity contribution < 1.29 is 0 Å². The van der Waals surface area contributed by atoms with Crippen molar-refractivity contribution in [1.29, 1.82) is 0 Å². The number of imidazole rings is 1. The molecule has 7 aromatic carbocycles. The summed E-state index contributed by atoms with van der Waals surface area (Å²) in [5.74, 6) is 0. The summed E-state index contributed by atoms with van der Waals surface area (Å²) in [6, 6.07) is 59.1. The van der Waals surface area contributed by atoms with E-state index < -0.39 is 0 Å². The zero-order chi connectivity index (χ0) is 30.9. The van der Waals surface area contributed by atoms with Crippen LogP contribution < -0.4 is 0 Å². The quantitative estimate of drug-likeness (QED) is 0.198. The molecule has 0 unspecified atom stereocenters. The predicted octanol–water partition coefficient (Wildman–Crippen LogP) is 12.0. The maximum atomic E-state index is 5.17. The van der Waals surface area contributed by atoms with Crippen LogP contribution in [0.25, 0.3) is 94.2 Å². The summed E-state index contributed by atoms with van der Waals surface area (Å²) in [5.41, 5.74) is 15.6. The molecule has 0 saturated heterocycles. The molecule has 9 aromatic rings. The average molecular weight is 597 g/mol. The van der Waals surface area contributed by atoms with Gasteiger partial charge in [0.05, 0.1) is 11.4 Å². The van der Waals surface area contributed by atoms with E-state index in [0.717, 1.165) is 22.6 Å². The number of benzene rings is 7. The minimum Gasteiger partial charge on any atom is -0.299 e. The highest BCUT2D eigenvalue weighted by atomic mass is 15.0. The van der Waals surface area contributed by atoms with Crippen LogP contribution in [0.2, 0.25) is 0 Å². The summed E-state index contributed by atoms with van der Waals surface area (Å²) in [6.07, 6.45) is 2.13. The summed E-state index contributed by atoms with van der Waals surface area (Å²) in [4.78, 5) is 5.17. The lowest BCUT2D eigenvalue weighted by atomic mass is 9.82. The van der Waals surface area contributed by atoms with Crippen LogP contribution in [0.15, 0.2) is 170 Å². The number of aromatic nitrogens is 2. The van der Waals surface area contributed by atoms with E-state index in [9.17, 15) is 0 Å². The molecule has 0 atom stereocenters.